The number of nitrogens with two attached hydrogens (primary N) is 1. The van der Waals surface area contributed by atoms with Crippen LogP contribution in [0.2, 0.25) is 0 Å². The molecule has 1 aliphatic heterocycles. The van der Waals surface area contributed by atoms with Crippen LogP contribution in [0.1, 0.15) is 30.5 Å². The minimum absolute atomic E-state index is 0.353. The summed E-state index contributed by atoms with van der Waals surface area (Å²) in [6.07, 6.45) is 6.85. The van der Waals surface area contributed by atoms with Crippen LogP contribution >= 0.6 is 0 Å². The van der Waals surface area contributed by atoms with E-state index in [2.05, 4.69) is 15.3 Å². The third-order valence-electron chi connectivity index (χ3n) is 4.04. The highest BCUT2D eigenvalue weighted by molar-refractivity contribution is 5.72. The lowest BCUT2D eigenvalue weighted by Gasteiger charge is -2.28. The largest absolute Gasteiger partial charge is 0.367 e. The Hall–Kier alpha value is -1.85. The Kier molecular flexibility index (Phi) is 3.23. The van der Waals surface area contributed by atoms with Crippen molar-refractivity contribution in [1.82, 2.24) is 14.9 Å². The van der Waals surface area contributed by atoms with E-state index in [1.54, 1.807) is 11.2 Å². The molecule has 3 rings (SSSR count). The third kappa shape index (κ3) is 2.47. The number of hydrogen-bond acceptors (Lipinski definition) is 4. The third-order valence-corrected chi connectivity index (χ3v) is 4.04. The SMILES string of the molecule is NC(=O)N1CCc2ncnc(NC3CCC3)c2CC1. The van der Waals surface area contributed by atoms with Crippen LogP contribution < -0.4 is 11.1 Å². The van der Waals surface area contributed by atoms with Gasteiger partial charge in [-0.05, 0) is 25.7 Å². The minimum Gasteiger partial charge on any atom is -0.367 e. The summed E-state index contributed by atoms with van der Waals surface area (Å²) in [6.45, 7) is 1.29. The highest BCUT2D eigenvalue weighted by atomic mass is 16.2. The number of nitrogens with one attached hydrogen (secondary N) is 1. The van der Waals surface area contributed by atoms with Gasteiger partial charge in [0.1, 0.15) is 12.1 Å². The second kappa shape index (κ2) is 5.03. The molecule has 3 N–H and O–H groups in total. The normalized spacial score (nSPS) is 19.3. The first-order valence-corrected chi connectivity index (χ1v) is 6.87. The van der Waals surface area contributed by atoms with Gasteiger partial charge in [0.15, 0.2) is 0 Å². The lowest BCUT2D eigenvalue weighted by Crippen LogP contribution is -2.37. The molecule has 0 saturated heterocycles. The maximum atomic E-state index is 11.3. The monoisotopic (exact) mass is 261 g/mol. The fourth-order valence-corrected chi connectivity index (χ4v) is 2.62. The number of carbonyl (C=O) groups excluding carboxylic acids is 1. The van der Waals surface area contributed by atoms with Gasteiger partial charge >= 0.3 is 6.03 Å². The Bertz CT molecular complexity index is 486. The van der Waals surface area contributed by atoms with E-state index in [-0.39, 0.29) is 6.03 Å². The van der Waals surface area contributed by atoms with Gasteiger partial charge in [-0.3, -0.25) is 0 Å². The van der Waals surface area contributed by atoms with Crippen molar-refractivity contribution in [3.05, 3.63) is 17.6 Å². The summed E-state index contributed by atoms with van der Waals surface area (Å²) in [4.78, 5) is 21.7. The van der Waals surface area contributed by atoms with Crippen LogP contribution in [-0.2, 0) is 12.8 Å². The molecular formula is C13H19N5O. The molecule has 1 aromatic heterocycles. The number of rotatable bonds is 2. The topological polar surface area (TPSA) is 84.1 Å². The number of anilines is 1. The second-order valence-corrected chi connectivity index (χ2v) is 5.24. The Balaban J connectivity index is 1.80. The number of carbonyl (C=O) groups is 1. The molecule has 0 spiro atoms. The first kappa shape index (κ1) is 12.2. The molecule has 1 aliphatic carbocycles. The van der Waals surface area contributed by atoms with Gasteiger partial charge in [0, 0.05) is 31.1 Å². The summed E-state index contributed by atoms with van der Waals surface area (Å²) in [5, 5.41) is 3.49. The zero-order valence-electron chi connectivity index (χ0n) is 10.9. The summed E-state index contributed by atoms with van der Waals surface area (Å²) in [6, 6.07) is 0.198. The van der Waals surface area contributed by atoms with E-state index in [0.717, 1.165) is 29.9 Å². The van der Waals surface area contributed by atoms with Crippen LogP contribution in [0.25, 0.3) is 0 Å². The Morgan fingerprint density at radius 1 is 1.32 bits per heavy atom. The number of primary amides is 1. The van der Waals surface area contributed by atoms with Crippen molar-refractivity contribution in [2.75, 3.05) is 18.4 Å². The van der Waals surface area contributed by atoms with E-state index in [1.807, 2.05) is 0 Å². The van der Waals surface area contributed by atoms with Gasteiger partial charge in [-0.25, -0.2) is 14.8 Å². The predicted molar refractivity (Wildman–Crippen MR) is 71.9 cm³/mol. The van der Waals surface area contributed by atoms with Crippen LogP contribution in [-0.4, -0.2) is 40.0 Å². The van der Waals surface area contributed by atoms with Crippen molar-refractivity contribution in [3.63, 3.8) is 0 Å². The molecule has 1 aromatic rings. The summed E-state index contributed by atoms with van der Waals surface area (Å²) in [5.74, 6) is 0.945. The fourth-order valence-electron chi connectivity index (χ4n) is 2.62. The van der Waals surface area contributed by atoms with E-state index in [9.17, 15) is 4.79 Å². The molecule has 1 saturated carbocycles. The second-order valence-electron chi connectivity index (χ2n) is 5.24. The molecule has 0 bridgehead atoms. The smallest absolute Gasteiger partial charge is 0.314 e. The molecule has 6 nitrogen and oxygen atoms in total. The molecule has 0 atom stereocenters. The van der Waals surface area contributed by atoms with Gasteiger partial charge in [-0.15, -0.1) is 0 Å². The van der Waals surface area contributed by atoms with E-state index >= 15 is 0 Å². The number of nitrogens with zero attached hydrogens (tertiary/aromatic N) is 3. The number of hydrogen-bond donors (Lipinski definition) is 2. The molecule has 102 valence electrons. The van der Waals surface area contributed by atoms with E-state index in [1.165, 1.54) is 19.3 Å². The van der Waals surface area contributed by atoms with E-state index in [0.29, 0.717) is 19.1 Å². The van der Waals surface area contributed by atoms with E-state index < -0.39 is 0 Å². The Morgan fingerprint density at radius 2 is 2.11 bits per heavy atom. The average Bonchev–Trinajstić information content (AvgIpc) is 2.56. The lowest BCUT2D eigenvalue weighted by molar-refractivity contribution is 0.210. The standard InChI is InChI=1S/C13H19N5O/c14-13(19)18-6-4-10-11(5-7-18)15-8-16-12(10)17-9-2-1-3-9/h8-9H,1-7H2,(H2,14,19)(H,15,16,17). The zero-order valence-corrected chi connectivity index (χ0v) is 10.9. The minimum atomic E-state index is -0.353. The molecule has 0 unspecified atom stereocenters. The Labute approximate surface area is 112 Å². The van der Waals surface area contributed by atoms with E-state index in [4.69, 9.17) is 5.73 Å². The molecule has 2 heterocycles. The lowest BCUT2D eigenvalue weighted by atomic mass is 9.93. The highest BCUT2D eigenvalue weighted by Gasteiger charge is 2.23. The fraction of sp³-hybridized carbons (Fsp3) is 0.615. The van der Waals surface area contributed by atoms with Gasteiger partial charge in [-0.2, -0.15) is 0 Å². The average molecular weight is 261 g/mol. The van der Waals surface area contributed by atoms with Crippen molar-refractivity contribution in [3.8, 4) is 0 Å². The molecular weight excluding hydrogens is 242 g/mol. The number of urea groups is 1. The summed E-state index contributed by atoms with van der Waals surface area (Å²) < 4.78 is 0. The number of aromatic nitrogens is 2. The maximum absolute atomic E-state index is 11.3. The summed E-state index contributed by atoms with van der Waals surface area (Å²) >= 11 is 0. The van der Waals surface area contributed by atoms with Gasteiger partial charge in [0.2, 0.25) is 0 Å². The van der Waals surface area contributed by atoms with Gasteiger partial charge < -0.3 is 16.0 Å². The van der Waals surface area contributed by atoms with Crippen molar-refractivity contribution >= 4 is 11.8 Å². The summed E-state index contributed by atoms with van der Waals surface area (Å²) in [7, 11) is 0. The molecule has 0 aromatic carbocycles. The zero-order chi connectivity index (χ0) is 13.2. The van der Waals surface area contributed by atoms with Crippen molar-refractivity contribution in [2.24, 2.45) is 5.73 Å². The first-order valence-electron chi connectivity index (χ1n) is 6.87. The quantitative estimate of drug-likeness (QED) is 0.829. The Morgan fingerprint density at radius 3 is 2.79 bits per heavy atom. The summed E-state index contributed by atoms with van der Waals surface area (Å²) in [5.41, 5.74) is 7.55. The van der Waals surface area contributed by atoms with Crippen LogP contribution in [0.3, 0.4) is 0 Å². The van der Waals surface area contributed by atoms with Gasteiger partial charge in [-0.1, -0.05) is 0 Å². The van der Waals surface area contributed by atoms with Crippen molar-refractivity contribution < 1.29 is 4.79 Å². The molecule has 19 heavy (non-hydrogen) atoms. The first-order chi connectivity index (χ1) is 9.24. The molecule has 2 amide bonds. The van der Waals surface area contributed by atoms with Crippen LogP contribution in [0.4, 0.5) is 10.6 Å². The van der Waals surface area contributed by atoms with Crippen LogP contribution in [0.5, 0.6) is 0 Å². The van der Waals surface area contributed by atoms with Crippen LogP contribution in [0.15, 0.2) is 6.33 Å². The van der Waals surface area contributed by atoms with Crippen LogP contribution in [0, 0.1) is 0 Å². The molecule has 0 radical (unpaired) electrons. The molecule has 6 heteroatoms. The van der Waals surface area contributed by atoms with Gasteiger partial charge in [0.05, 0.1) is 5.69 Å². The highest BCUT2D eigenvalue weighted by Crippen LogP contribution is 2.26. The van der Waals surface area contributed by atoms with Gasteiger partial charge in [0.25, 0.3) is 0 Å². The maximum Gasteiger partial charge on any atom is 0.314 e. The molecule has 2 aliphatic rings. The molecule has 1 fully saturated rings. The predicted octanol–water partition coefficient (Wildman–Crippen LogP) is 0.920. The number of fused-ring (bicyclic) bond motifs is 1. The number of amides is 2. The van der Waals surface area contributed by atoms with Crippen molar-refractivity contribution in [1.29, 1.82) is 0 Å². The van der Waals surface area contributed by atoms with Crippen molar-refractivity contribution in [2.45, 2.75) is 38.1 Å².